The summed E-state index contributed by atoms with van der Waals surface area (Å²) in [5.74, 6) is 0.643. The molecule has 1 N–H and O–H groups in total. The van der Waals surface area contributed by atoms with Crippen molar-refractivity contribution >= 4 is 28.9 Å². The van der Waals surface area contributed by atoms with Crippen molar-refractivity contribution in [1.82, 2.24) is 4.90 Å². The van der Waals surface area contributed by atoms with Crippen molar-refractivity contribution in [1.29, 1.82) is 5.26 Å². The zero-order chi connectivity index (χ0) is 24.8. The van der Waals surface area contributed by atoms with Crippen LogP contribution >= 0.6 is 23.2 Å². The van der Waals surface area contributed by atoms with Crippen molar-refractivity contribution in [2.45, 2.75) is 25.4 Å². The maximum atomic E-state index is 9.05. The van der Waals surface area contributed by atoms with Crippen LogP contribution in [-0.4, -0.2) is 48.9 Å². The van der Waals surface area contributed by atoms with E-state index in [-0.39, 0.29) is 19.3 Å². The molecule has 0 saturated carbocycles. The van der Waals surface area contributed by atoms with Gasteiger partial charge in [0.1, 0.15) is 12.4 Å². The molecule has 1 aliphatic heterocycles. The molecule has 35 heavy (non-hydrogen) atoms. The number of aliphatic hydroxyl groups is 1. The number of anilines is 1. The van der Waals surface area contributed by atoms with Gasteiger partial charge in [0, 0.05) is 36.8 Å². The van der Waals surface area contributed by atoms with E-state index < -0.39 is 0 Å². The number of hydrogen-bond donors (Lipinski definition) is 1. The summed E-state index contributed by atoms with van der Waals surface area (Å²) in [4.78, 5) is 4.88. The van der Waals surface area contributed by atoms with Crippen LogP contribution in [0, 0.1) is 11.3 Å². The number of nitriles is 1. The van der Waals surface area contributed by atoms with E-state index in [2.05, 4.69) is 34.9 Å². The molecule has 1 heterocycles. The zero-order valence-electron chi connectivity index (χ0n) is 19.7. The lowest BCUT2D eigenvalue weighted by Crippen LogP contribution is -2.54. The average molecular weight is 510 g/mol. The molecule has 2 atom stereocenters. The van der Waals surface area contributed by atoms with Gasteiger partial charge in [-0.2, -0.15) is 5.26 Å². The molecule has 1 saturated heterocycles. The summed E-state index contributed by atoms with van der Waals surface area (Å²) in [7, 11) is 0. The van der Waals surface area contributed by atoms with Crippen molar-refractivity contribution in [3.8, 4) is 11.8 Å². The maximum Gasteiger partial charge on any atom is 0.121 e. The van der Waals surface area contributed by atoms with E-state index in [1.165, 1.54) is 11.1 Å². The van der Waals surface area contributed by atoms with E-state index >= 15 is 0 Å². The van der Waals surface area contributed by atoms with Crippen LogP contribution in [0.2, 0.25) is 10.0 Å². The molecule has 0 aliphatic carbocycles. The van der Waals surface area contributed by atoms with Crippen LogP contribution in [0.5, 0.6) is 5.75 Å². The Labute approximate surface area is 217 Å². The van der Waals surface area contributed by atoms with Gasteiger partial charge in [-0.25, -0.2) is 0 Å². The van der Waals surface area contributed by atoms with E-state index in [1.54, 1.807) is 0 Å². The molecule has 5 nitrogen and oxygen atoms in total. The fourth-order valence-corrected chi connectivity index (χ4v) is 4.97. The lowest BCUT2D eigenvalue weighted by molar-refractivity contribution is 0.163. The van der Waals surface area contributed by atoms with Gasteiger partial charge in [0.25, 0.3) is 0 Å². The Kier molecular flexibility index (Phi) is 8.54. The zero-order valence-corrected chi connectivity index (χ0v) is 21.2. The molecule has 0 radical (unpaired) electrons. The number of hydrogen-bond acceptors (Lipinski definition) is 5. The summed E-state index contributed by atoms with van der Waals surface area (Å²) in [6, 6.07) is 24.2. The molecule has 3 aromatic rings. The number of benzene rings is 3. The van der Waals surface area contributed by atoms with Gasteiger partial charge >= 0.3 is 0 Å². The molecular weight excluding hydrogens is 481 g/mol. The Morgan fingerprint density at radius 1 is 1.03 bits per heavy atom. The third-order valence-electron chi connectivity index (χ3n) is 6.48. The quantitative estimate of drug-likeness (QED) is 0.420. The summed E-state index contributed by atoms with van der Waals surface area (Å²) in [6.45, 7) is 5.02. The Hall–Kier alpha value is -2.75. The smallest absolute Gasteiger partial charge is 0.121 e. The third kappa shape index (κ3) is 6.28. The summed E-state index contributed by atoms with van der Waals surface area (Å²) < 4.78 is 5.54. The van der Waals surface area contributed by atoms with Crippen molar-refractivity contribution in [2.75, 3.05) is 37.7 Å². The Balaban J connectivity index is 1.56. The van der Waals surface area contributed by atoms with E-state index in [0.29, 0.717) is 27.4 Å². The van der Waals surface area contributed by atoms with Crippen LogP contribution in [0.25, 0.3) is 0 Å². The number of halogens is 2. The van der Waals surface area contributed by atoms with Crippen LogP contribution < -0.4 is 9.64 Å². The van der Waals surface area contributed by atoms with Gasteiger partial charge in [-0.15, -0.1) is 0 Å². The number of rotatable bonds is 8. The first-order chi connectivity index (χ1) is 17.0. The molecule has 7 heteroatoms. The molecule has 182 valence electrons. The molecule has 1 unspecified atom stereocenters. The molecule has 0 aromatic heterocycles. The van der Waals surface area contributed by atoms with Crippen molar-refractivity contribution in [3.05, 3.63) is 93.5 Å². The molecule has 0 bridgehead atoms. The van der Waals surface area contributed by atoms with Gasteiger partial charge in [0.2, 0.25) is 0 Å². The predicted octanol–water partition coefficient (Wildman–Crippen LogP) is 5.73. The van der Waals surface area contributed by atoms with Gasteiger partial charge < -0.3 is 14.7 Å². The van der Waals surface area contributed by atoms with E-state index in [9.17, 15) is 0 Å². The highest BCUT2D eigenvalue weighted by Crippen LogP contribution is 2.38. The van der Waals surface area contributed by atoms with E-state index in [0.717, 1.165) is 31.7 Å². The second-order valence-corrected chi connectivity index (χ2v) is 9.65. The summed E-state index contributed by atoms with van der Waals surface area (Å²) in [5.41, 5.74) is 4.05. The Morgan fingerprint density at radius 3 is 2.43 bits per heavy atom. The maximum absolute atomic E-state index is 9.05. The lowest BCUT2D eigenvalue weighted by Gasteiger charge is -2.47. The van der Waals surface area contributed by atoms with Gasteiger partial charge in [-0.05, 0) is 60.9 Å². The van der Waals surface area contributed by atoms with Gasteiger partial charge in [-0.3, -0.25) is 4.90 Å². The second kappa shape index (κ2) is 11.8. The van der Waals surface area contributed by atoms with Crippen LogP contribution in [0.3, 0.4) is 0 Å². The molecule has 4 rings (SSSR count). The van der Waals surface area contributed by atoms with Crippen LogP contribution in [0.4, 0.5) is 5.69 Å². The number of aliphatic hydroxyl groups excluding tert-OH is 1. The van der Waals surface area contributed by atoms with Crippen LogP contribution in [0.1, 0.15) is 29.7 Å². The largest absolute Gasteiger partial charge is 0.491 e. The van der Waals surface area contributed by atoms with Gasteiger partial charge in [-0.1, -0.05) is 47.5 Å². The first-order valence-electron chi connectivity index (χ1n) is 11.8. The van der Waals surface area contributed by atoms with Gasteiger partial charge in [0.05, 0.1) is 35.0 Å². The summed E-state index contributed by atoms with van der Waals surface area (Å²) in [5, 5.41) is 19.4. The minimum atomic E-state index is -0.0417. The summed E-state index contributed by atoms with van der Waals surface area (Å²) >= 11 is 12.9. The molecule has 0 amide bonds. The van der Waals surface area contributed by atoms with E-state index in [4.69, 9.17) is 38.3 Å². The average Bonchev–Trinajstić information content (AvgIpc) is 2.87. The van der Waals surface area contributed by atoms with Gasteiger partial charge in [0.15, 0.2) is 0 Å². The minimum absolute atomic E-state index is 0.0417. The van der Waals surface area contributed by atoms with Crippen LogP contribution in [-0.2, 0) is 6.42 Å². The van der Waals surface area contributed by atoms with Crippen LogP contribution in [0.15, 0.2) is 66.7 Å². The Morgan fingerprint density at radius 2 is 1.77 bits per heavy atom. The normalized spacial score (nSPS) is 18.3. The fourth-order valence-electron chi connectivity index (χ4n) is 4.57. The second-order valence-electron chi connectivity index (χ2n) is 8.81. The molecule has 1 fully saturated rings. The highest BCUT2D eigenvalue weighted by Gasteiger charge is 2.33. The summed E-state index contributed by atoms with van der Waals surface area (Å²) in [6.07, 6.45) is 0.918. The molecular formula is C28H29Cl2N3O2. The molecule has 3 aromatic carbocycles. The molecule has 0 spiro atoms. The topological polar surface area (TPSA) is 59.7 Å². The van der Waals surface area contributed by atoms with E-state index in [1.807, 2.05) is 54.6 Å². The number of piperazine rings is 1. The van der Waals surface area contributed by atoms with Crippen molar-refractivity contribution < 1.29 is 9.84 Å². The first kappa shape index (κ1) is 25.3. The standard InChI is InChI=1S/C28H29Cl2N3O2/c1-20-18-33(27-11-10-25(16-26(27)30)35-15-14-34)28(23-6-8-24(29)9-7-23)19-32(20)13-12-21-2-4-22(17-31)5-3-21/h2-11,16,20,28,34H,12-15,18-19H2,1H3/t20?,28-/m0/s1. The lowest BCUT2D eigenvalue weighted by atomic mass is 9.98. The first-order valence-corrected chi connectivity index (χ1v) is 12.5. The monoisotopic (exact) mass is 509 g/mol. The predicted molar refractivity (Wildman–Crippen MR) is 141 cm³/mol. The third-order valence-corrected chi connectivity index (χ3v) is 7.04. The number of ether oxygens (including phenoxy) is 1. The highest BCUT2D eigenvalue weighted by atomic mass is 35.5. The number of nitrogens with zero attached hydrogens (tertiary/aromatic N) is 3. The Bertz CT molecular complexity index is 1160. The van der Waals surface area contributed by atoms with Crippen molar-refractivity contribution in [3.63, 3.8) is 0 Å². The highest BCUT2D eigenvalue weighted by molar-refractivity contribution is 6.33. The fraction of sp³-hybridized carbons (Fsp3) is 0.321. The van der Waals surface area contributed by atoms with Crippen molar-refractivity contribution in [2.24, 2.45) is 0 Å². The minimum Gasteiger partial charge on any atom is -0.491 e. The SMILES string of the molecule is CC1CN(c2ccc(OCCO)cc2Cl)[C@H](c2ccc(Cl)cc2)CN1CCc1ccc(C#N)cc1. The molecule has 1 aliphatic rings.